The first kappa shape index (κ1) is 16.0. The number of nitrogens with two attached hydrogens (primary N) is 1. The maximum atomic E-state index is 12.7. The van der Waals surface area contributed by atoms with Crippen molar-refractivity contribution >= 4 is 5.91 Å². The third-order valence-corrected chi connectivity index (χ3v) is 4.62. The first-order valence-electron chi connectivity index (χ1n) is 7.96. The standard InChI is InChI=1S/C18H28N2O/c1-13-6-5-11-20(16(13)12-19)17(21)14-7-9-15(10-8-14)18(2,3)4/h7-10,13,16H,5-6,11-12,19H2,1-4H3. The molecule has 2 unspecified atom stereocenters. The largest absolute Gasteiger partial charge is 0.334 e. The van der Waals surface area contributed by atoms with Gasteiger partial charge in [0, 0.05) is 24.7 Å². The van der Waals surface area contributed by atoms with E-state index in [4.69, 9.17) is 5.73 Å². The van der Waals surface area contributed by atoms with Crippen LogP contribution in [0.25, 0.3) is 0 Å². The van der Waals surface area contributed by atoms with Crippen LogP contribution in [-0.2, 0) is 5.41 Å². The van der Waals surface area contributed by atoms with Crippen LogP contribution in [0.1, 0.15) is 56.5 Å². The van der Waals surface area contributed by atoms with Gasteiger partial charge in [-0.15, -0.1) is 0 Å². The lowest BCUT2D eigenvalue weighted by Gasteiger charge is -2.39. The molecule has 2 rings (SSSR count). The topological polar surface area (TPSA) is 46.3 Å². The van der Waals surface area contributed by atoms with Crippen LogP contribution >= 0.6 is 0 Å². The summed E-state index contributed by atoms with van der Waals surface area (Å²) in [4.78, 5) is 14.7. The van der Waals surface area contributed by atoms with E-state index in [9.17, 15) is 4.79 Å². The Balaban J connectivity index is 2.19. The van der Waals surface area contributed by atoms with Crippen LogP contribution in [0.15, 0.2) is 24.3 Å². The van der Waals surface area contributed by atoms with Gasteiger partial charge in [0.15, 0.2) is 0 Å². The molecule has 1 aliphatic heterocycles. The summed E-state index contributed by atoms with van der Waals surface area (Å²) in [6.45, 7) is 10.1. The molecule has 0 spiro atoms. The van der Waals surface area contributed by atoms with Gasteiger partial charge in [-0.25, -0.2) is 0 Å². The van der Waals surface area contributed by atoms with Gasteiger partial charge >= 0.3 is 0 Å². The van der Waals surface area contributed by atoms with Crippen LogP contribution in [0.5, 0.6) is 0 Å². The van der Waals surface area contributed by atoms with E-state index >= 15 is 0 Å². The second-order valence-corrected chi connectivity index (χ2v) is 7.25. The predicted octanol–water partition coefficient (Wildman–Crippen LogP) is 3.18. The van der Waals surface area contributed by atoms with Crippen molar-refractivity contribution in [3.05, 3.63) is 35.4 Å². The van der Waals surface area contributed by atoms with Gasteiger partial charge in [0.05, 0.1) is 0 Å². The Hall–Kier alpha value is -1.35. The van der Waals surface area contributed by atoms with Gasteiger partial charge in [-0.05, 0) is 41.9 Å². The number of nitrogens with zero attached hydrogens (tertiary/aromatic N) is 1. The minimum atomic E-state index is 0.112. The fraction of sp³-hybridized carbons (Fsp3) is 0.611. The van der Waals surface area contributed by atoms with Crippen molar-refractivity contribution in [1.82, 2.24) is 4.90 Å². The number of amides is 1. The molecular weight excluding hydrogens is 260 g/mol. The summed E-state index contributed by atoms with van der Waals surface area (Å²) >= 11 is 0. The number of piperidine rings is 1. The molecule has 1 fully saturated rings. The van der Waals surface area contributed by atoms with E-state index in [0.29, 0.717) is 12.5 Å². The predicted molar refractivity (Wildman–Crippen MR) is 87.4 cm³/mol. The summed E-state index contributed by atoms with van der Waals surface area (Å²) in [5.41, 5.74) is 8.02. The Morgan fingerprint density at radius 2 is 1.90 bits per heavy atom. The number of hydrogen-bond donors (Lipinski definition) is 1. The zero-order chi connectivity index (χ0) is 15.6. The molecule has 3 heteroatoms. The Labute approximate surface area is 128 Å². The van der Waals surface area contributed by atoms with Crippen LogP contribution in [0.4, 0.5) is 0 Å². The van der Waals surface area contributed by atoms with Crippen LogP contribution in [0.2, 0.25) is 0 Å². The fourth-order valence-electron chi connectivity index (χ4n) is 3.14. The lowest BCUT2D eigenvalue weighted by molar-refractivity contribution is 0.0532. The molecule has 2 atom stereocenters. The van der Waals surface area contributed by atoms with Crippen molar-refractivity contribution in [2.75, 3.05) is 13.1 Å². The minimum absolute atomic E-state index is 0.112. The summed E-state index contributed by atoms with van der Waals surface area (Å²) < 4.78 is 0. The monoisotopic (exact) mass is 288 g/mol. The van der Waals surface area contributed by atoms with Gasteiger partial charge in [0.1, 0.15) is 0 Å². The highest BCUT2D eigenvalue weighted by atomic mass is 16.2. The number of hydrogen-bond acceptors (Lipinski definition) is 2. The summed E-state index contributed by atoms with van der Waals surface area (Å²) in [6, 6.07) is 8.22. The SMILES string of the molecule is CC1CCCN(C(=O)c2ccc(C(C)(C)C)cc2)C1CN. The Morgan fingerprint density at radius 3 is 2.43 bits per heavy atom. The summed E-state index contributed by atoms with van der Waals surface area (Å²) in [6.07, 6.45) is 2.23. The average Bonchev–Trinajstić information content (AvgIpc) is 2.45. The number of benzene rings is 1. The molecule has 0 radical (unpaired) electrons. The smallest absolute Gasteiger partial charge is 0.254 e. The molecule has 1 heterocycles. The summed E-state index contributed by atoms with van der Waals surface area (Å²) in [5, 5.41) is 0. The van der Waals surface area contributed by atoms with Gasteiger partial charge in [-0.2, -0.15) is 0 Å². The van der Waals surface area contributed by atoms with E-state index < -0.39 is 0 Å². The van der Waals surface area contributed by atoms with E-state index in [0.717, 1.165) is 24.9 Å². The lowest BCUT2D eigenvalue weighted by atomic mass is 9.86. The Kier molecular flexibility index (Phi) is 4.72. The highest BCUT2D eigenvalue weighted by Gasteiger charge is 2.31. The first-order chi connectivity index (χ1) is 9.84. The van der Waals surface area contributed by atoms with Gasteiger partial charge in [0.25, 0.3) is 5.91 Å². The van der Waals surface area contributed by atoms with Gasteiger partial charge in [0.2, 0.25) is 0 Å². The maximum absolute atomic E-state index is 12.7. The van der Waals surface area contributed by atoms with Crippen molar-refractivity contribution < 1.29 is 4.79 Å². The molecule has 1 aromatic rings. The molecule has 1 amide bonds. The van der Waals surface area contributed by atoms with Crippen molar-refractivity contribution in [3.63, 3.8) is 0 Å². The van der Waals surface area contributed by atoms with Gasteiger partial charge in [-0.1, -0.05) is 39.8 Å². The number of carbonyl (C=O) groups excluding carboxylic acids is 1. The highest BCUT2D eigenvalue weighted by molar-refractivity contribution is 5.94. The molecule has 3 nitrogen and oxygen atoms in total. The third kappa shape index (κ3) is 3.46. The molecular formula is C18H28N2O. The lowest BCUT2D eigenvalue weighted by Crippen LogP contribution is -2.51. The van der Waals surface area contributed by atoms with E-state index in [-0.39, 0.29) is 17.4 Å². The Bertz CT molecular complexity index is 487. The molecule has 116 valence electrons. The van der Waals surface area contributed by atoms with Crippen LogP contribution in [-0.4, -0.2) is 29.9 Å². The molecule has 2 N–H and O–H groups in total. The highest BCUT2D eigenvalue weighted by Crippen LogP contribution is 2.26. The normalized spacial score (nSPS) is 23.2. The fourth-order valence-corrected chi connectivity index (χ4v) is 3.14. The summed E-state index contributed by atoms with van der Waals surface area (Å²) in [7, 11) is 0. The van der Waals surface area contributed by atoms with Crippen LogP contribution < -0.4 is 5.73 Å². The van der Waals surface area contributed by atoms with E-state index in [2.05, 4.69) is 39.8 Å². The van der Waals surface area contributed by atoms with E-state index in [1.54, 1.807) is 0 Å². The van der Waals surface area contributed by atoms with Gasteiger partial charge < -0.3 is 10.6 Å². The maximum Gasteiger partial charge on any atom is 0.254 e. The van der Waals surface area contributed by atoms with Crippen LogP contribution in [0.3, 0.4) is 0 Å². The van der Waals surface area contributed by atoms with Crippen molar-refractivity contribution in [3.8, 4) is 0 Å². The zero-order valence-electron chi connectivity index (χ0n) is 13.7. The minimum Gasteiger partial charge on any atom is -0.334 e. The molecule has 0 saturated carbocycles. The second-order valence-electron chi connectivity index (χ2n) is 7.25. The number of likely N-dealkylation sites (tertiary alicyclic amines) is 1. The van der Waals surface area contributed by atoms with E-state index in [1.807, 2.05) is 17.0 Å². The third-order valence-electron chi connectivity index (χ3n) is 4.62. The molecule has 21 heavy (non-hydrogen) atoms. The molecule has 0 bridgehead atoms. The van der Waals surface area contributed by atoms with E-state index in [1.165, 1.54) is 5.56 Å². The summed E-state index contributed by atoms with van der Waals surface area (Å²) in [5.74, 6) is 0.610. The molecule has 1 aliphatic rings. The number of rotatable bonds is 2. The molecule has 0 aliphatic carbocycles. The second kappa shape index (κ2) is 6.18. The Morgan fingerprint density at radius 1 is 1.29 bits per heavy atom. The number of carbonyl (C=O) groups is 1. The average molecular weight is 288 g/mol. The molecule has 1 saturated heterocycles. The van der Waals surface area contributed by atoms with Crippen LogP contribution in [0, 0.1) is 5.92 Å². The van der Waals surface area contributed by atoms with Crippen molar-refractivity contribution in [2.45, 2.75) is 52.0 Å². The van der Waals surface area contributed by atoms with Crippen molar-refractivity contribution in [2.24, 2.45) is 11.7 Å². The van der Waals surface area contributed by atoms with Gasteiger partial charge in [-0.3, -0.25) is 4.79 Å². The van der Waals surface area contributed by atoms with Crippen molar-refractivity contribution in [1.29, 1.82) is 0 Å². The molecule has 1 aromatic carbocycles. The zero-order valence-corrected chi connectivity index (χ0v) is 13.7. The first-order valence-corrected chi connectivity index (χ1v) is 7.96. The quantitative estimate of drug-likeness (QED) is 0.908. The molecule has 0 aromatic heterocycles.